The summed E-state index contributed by atoms with van der Waals surface area (Å²) in [6.45, 7) is 11.7. The Morgan fingerprint density at radius 1 is 0.882 bits per heavy atom. The molecule has 102 valence electrons. The Bertz CT molecular complexity index is 255. The molecule has 0 saturated heterocycles. The van der Waals surface area contributed by atoms with Crippen LogP contribution in [0.1, 0.15) is 26.3 Å². The van der Waals surface area contributed by atoms with E-state index in [9.17, 15) is 0 Å². The number of hydrogen-bond donors (Lipinski definition) is 1. The highest BCUT2D eigenvalue weighted by Gasteiger charge is 2.20. The van der Waals surface area contributed by atoms with Gasteiger partial charge in [-0.15, -0.1) is 12.4 Å². The molecule has 0 aliphatic rings. The molecule has 0 radical (unpaired) electrons. The fourth-order valence-electron chi connectivity index (χ4n) is 1.98. The van der Waals surface area contributed by atoms with Gasteiger partial charge in [0.25, 0.3) is 0 Å². The van der Waals surface area contributed by atoms with Gasteiger partial charge in [0.1, 0.15) is 6.54 Å². The molecule has 0 fully saturated rings. The molecule has 0 heterocycles. The van der Waals surface area contributed by atoms with Crippen LogP contribution in [-0.4, -0.2) is 24.1 Å². The van der Waals surface area contributed by atoms with E-state index in [-0.39, 0.29) is 35.5 Å². The van der Waals surface area contributed by atoms with Crippen LogP contribution < -0.4 is 23.1 Å². The van der Waals surface area contributed by atoms with Crippen LogP contribution in [0.5, 0.6) is 0 Å². The largest absolute Gasteiger partial charge is 1.00 e. The molecule has 0 amide bonds. The van der Waals surface area contributed by atoms with E-state index in [2.05, 4.69) is 51.1 Å². The minimum atomic E-state index is 0. The molecule has 1 aromatic rings. The molecule has 0 aliphatic carbocycles. The van der Waals surface area contributed by atoms with Crippen molar-refractivity contribution in [2.45, 2.75) is 27.3 Å². The molecule has 0 bridgehead atoms. The van der Waals surface area contributed by atoms with Gasteiger partial charge in [0.05, 0.1) is 19.6 Å². The van der Waals surface area contributed by atoms with Gasteiger partial charge in [-0.2, -0.15) is 0 Å². The van der Waals surface area contributed by atoms with E-state index < -0.39 is 0 Å². The van der Waals surface area contributed by atoms with E-state index in [0.29, 0.717) is 0 Å². The fraction of sp³-hybridized carbons (Fsp3) is 0.538. The Morgan fingerprint density at radius 3 is 1.65 bits per heavy atom. The van der Waals surface area contributed by atoms with Crippen molar-refractivity contribution < 1.29 is 21.5 Å². The summed E-state index contributed by atoms with van der Waals surface area (Å²) in [5.41, 5.74) is 1.46. The number of quaternary nitrogens is 1. The molecule has 3 N–H and O–H groups in total. The van der Waals surface area contributed by atoms with Crippen molar-refractivity contribution in [3.63, 3.8) is 0 Å². The molecule has 4 heteroatoms. The van der Waals surface area contributed by atoms with Crippen molar-refractivity contribution >= 4 is 12.4 Å². The van der Waals surface area contributed by atoms with Gasteiger partial charge in [0.15, 0.2) is 0 Å². The molecule has 0 unspecified atom stereocenters. The predicted molar refractivity (Wildman–Crippen MR) is 74.3 cm³/mol. The van der Waals surface area contributed by atoms with Crippen LogP contribution >= 0.6 is 12.4 Å². The number of benzene rings is 1. The van der Waals surface area contributed by atoms with Crippen LogP contribution in [0.25, 0.3) is 0 Å². The van der Waals surface area contributed by atoms with Crippen LogP contribution in [0.15, 0.2) is 30.3 Å². The number of rotatable bonds is 5. The van der Waals surface area contributed by atoms with E-state index in [1.54, 1.807) is 0 Å². The molecular weight excluding hydrogens is 300 g/mol. The number of nitrogens with zero attached hydrogens (tertiary/aromatic N) is 1. The van der Waals surface area contributed by atoms with Crippen molar-refractivity contribution in [2.75, 3.05) is 19.6 Å². The second-order valence-corrected chi connectivity index (χ2v) is 3.93. The van der Waals surface area contributed by atoms with Crippen molar-refractivity contribution in [2.24, 2.45) is 0 Å². The van der Waals surface area contributed by atoms with E-state index >= 15 is 0 Å². The maximum absolute atomic E-state index is 2.29. The molecule has 1 aromatic carbocycles. The van der Waals surface area contributed by atoms with Crippen LogP contribution in [0, 0.1) is 0 Å². The molecular formula is C13H26BrClN2. The zero-order valence-electron chi connectivity index (χ0n) is 11.2. The Morgan fingerprint density at radius 2 is 1.29 bits per heavy atom. The summed E-state index contributed by atoms with van der Waals surface area (Å²) in [5.74, 6) is 0. The second kappa shape index (κ2) is 11.0. The monoisotopic (exact) mass is 324 g/mol. The fourth-order valence-corrected chi connectivity index (χ4v) is 1.98. The molecule has 0 aromatic heterocycles. The molecule has 0 saturated carbocycles. The Hall–Kier alpha value is -0.0900. The van der Waals surface area contributed by atoms with Gasteiger partial charge in [-0.3, -0.25) is 0 Å². The minimum Gasteiger partial charge on any atom is -1.00 e. The van der Waals surface area contributed by atoms with Gasteiger partial charge >= 0.3 is 0 Å². The highest BCUT2D eigenvalue weighted by molar-refractivity contribution is 5.85. The lowest BCUT2D eigenvalue weighted by molar-refractivity contribution is -0.936. The van der Waals surface area contributed by atoms with Crippen LogP contribution in [0.2, 0.25) is 0 Å². The predicted octanol–water partition coefficient (Wildman–Crippen LogP) is 0.651. The van der Waals surface area contributed by atoms with Gasteiger partial charge in [-0.1, -0.05) is 30.3 Å². The zero-order valence-corrected chi connectivity index (χ0v) is 13.6. The first kappa shape index (κ1) is 22.1. The van der Waals surface area contributed by atoms with Crippen LogP contribution in [-0.2, 0) is 6.54 Å². The summed E-state index contributed by atoms with van der Waals surface area (Å²) in [7, 11) is 0. The number of halogens is 2. The van der Waals surface area contributed by atoms with E-state index in [1.165, 1.54) is 36.2 Å². The van der Waals surface area contributed by atoms with Crippen LogP contribution in [0.4, 0.5) is 0 Å². The molecule has 17 heavy (non-hydrogen) atoms. The average molecular weight is 326 g/mol. The topological polar surface area (TPSA) is 35.0 Å². The lowest BCUT2D eigenvalue weighted by atomic mass is 10.2. The first-order valence-corrected chi connectivity index (χ1v) is 5.65. The first-order chi connectivity index (χ1) is 6.76. The average Bonchev–Trinajstić information content (AvgIpc) is 2.28. The van der Waals surface area contributed by atoms with Crippen molar-refractivity contribution in [1.82, 2.24) is 6.15 Å². The maximum Gasteiger partial charge on any atom is 0.104 e. The first-order valence-electron chi connectivity index (χ1n) is 5.65. The smallest absolute Gasteiger partial charge is 0.104 e. The second-order valence-electron chi connectivity index (χ2n) is 3.93. The van der Waals surface area contributed by atoms with Crippen LogP contribution in [0.3, 0.4) is 0 Å². The van der Waals surface area contributed by atoms with Crippen molar-refractivity contribution in [3.05, 3.63) is 35.9 Å². The minimum absolute atomic E-state index is 0. The normalized spacial score (nSPS) is 9.59. The number of hydrogen-bond acceptors (Lipinski definition) is 1. The highest BCUT2D eigenvalue weighted by atomic mass is 79.9. The summed E-state index contributed by atoms with van der Waals surface area (Å²) in [4.78, 5) is 0. The third-order valence-corrected chi connectivity index (χ3v) is 3.37. The van der Waals surface area contributed by atoms with E-state index in [4.69, 9.17) is 0 Å². The Kier molecular flexibility index (Phi) is 14.3. The van der Waals surface area contributed by atoms with Gasteiger partial charge in [-0.05, 0) is 20.8 Å². The van der Waals surface area contributed by atoms with Gasteiger partial charge < -0.3 is 27.6 Å². The molecule has 0 atom stereocenters. The lowest BCUT2D eigenvalue weighted by Crippen LogP contribution is -3.00. The third kappa shape index (κ3) is 6.41. The van der Waals surface area contributed by atoms with Gasteiger partial charge in [-0.25, -0.2) is 0 Å². The standard InChI is InChI=1S/C13H22N.BrH.ClH.H3N/c1-4-14(5-2,6-3)12-13-10-8-7-9-11-13;;;/h7-11H,4-6,12H2,1-3H3;2*1H;1H3/q+1;;;/p-1. The summed E-state index contributed by atoms with van der Waals surface area (Å²) >= 11 is 0. The summed E-state index contributed by atoms with van der Waals surface area (Å²) < 4.78 is 1.20. The summed E-state index contributed by atoms with van der Waals surface area (Å²) in [5, 5.41) is 0. The zero-order chi connectivity index (χ0) is 10.4. The van der Waals surface area contributed by atoms with Gasteiger partial charge in [0, 0.05) is 5.56 Å². The van der Waals surface area contributed by atoms with Gasteiger partial charge in [0.2, 0.25) is 0 Å². The Labute approximate surface area is 123 Å². The summed E-state index contributed by atoms with van der Waals surface area (Å²) in [6, 6.07) is 10.8. The van der Waals surface area contributed by atoms with E-state index in [0.717, 1.165) is 0 Å². The molecule has 2 nitrogen and oxygen atoms in total. The lowest BCUT2D eigenvalue weighted by Gasteiger charge is -2.35. The van der Waals surface area contributed by atoms with Crippen molar-refractivity contribution in [1.29, 1.82) is 0 Å². The SMILES string of the molecule is CC[N+](CC)(CC)Cc1ccccc1.Cl.N.[Br-]. The quantitative estimate of drug-likeness (QED) is 0.793. The van der Waals surface area contributed by atoms with Crippen molar-refractivity contribution in [3.8, 4) is 0 Å². The molecule has 1 rings (SSSR count). The summed E-state index contributed by atoms with van der Waals surface area (Å²) in [6.07, 6.45) is 0. The highest BCUT2D eigenvalue weighted by Crippen LogP contribution is 2.13. The Balaban J connectivity index is -0.000000653. The molecule has 0 spiro atoms. The van der Waals surface area contributed by atoms with E-state index in [1.807, 2.05) is 0 Å². The maximum atomic E-state index is 2.29. The third-order valence-electron chi connectivity index (χ3n) is 3.37. The molecule has 0 aliphatic heterocycles.